The monoisotopic (exact) mass is 392 g/mol. The Morgan fingerprint density at radius 3 is 2.44 bits per heavy atom. The van der Waals surface area contributed by atoms with Crippen LogP contribution in [0.3, 0.4) is 0 Å². The lowest BCUT2D eigenvalue weighted by atomic mass is 9.96. The number of nitrogens with zero attached hydrogens (tertiary/aromatic N) is 1. The number of rotatable bonds is 11. The van der Waals surface area contributed by atoms with E-state index in [0.717, 1.165) is 43.5 Å². The number of hydrogen-bond donors (Lipinski definition) is 2. The molecule has 1 atom stereocenters. The lowest BCUT2D eigenvalue weighted by Gasteiger charge is -2.26. The predicted octanol–water partition coefficient (Wildman–Crippen LogP) is 3.95. The number of unbranched alkanes of at least 4 members (excludes halogenated alkanes) is 1. The molecule has 2 N–H and O–H groups in total. The van der Waals surface area contributed by atoms with Crippen LogP contribution >= 0.6 is 12.4 Å². The highest BCUT2D eigenvalue weighted by Crippen LogP contribution is 2.17. The standard InChI is InChI=1S/C22H32N2O2.ClH/c1-22(17-25,23-2)16-15-19-13-14-20(24(19)3)21(26)12-8-7-11-18-9-5-4-6-10-18;/h4-6,9-10,13-14,23,25H,7-8,11-12,15-17H2,1-3H3;1H/t22-;/m1./s1. The Morgan fingerprint density at radius 2 is 1.81 bits per heavy atom. The minimum Gasteiger partial charge on any atom is -0.394 e. The van der Waals surface area contributed by atoms with E-state index in [2.05, 4.69) is 29.6 Å². The Bertz CT molecular complexity index is 694. The summed E-state index contributed by atoms with van der Waals surface area (Å²) < 4.78 is 2.01. The highest BCUT2D eigenvalue weighted by Gasteiger charge is 2.21. The number of aliphatic hydroxyl groups excluding tert-OH is 1. The zero-order chi connectivity index (χ0) is 19.0. The van der Waals surface area contributed by atoms with Gasteiger partial charge in [0.05, 0.1) is 12.3 Å². The maximum absolute atomic E-state index is 12.5. The van der Waals surface area contributed by atoms with E-state index in [4.69, 9.17) is 0 Å². The number of nitrogens with one attached hydrogen (secondary N) is 1. The largest absolute Gasteiger partial charge is 0.394 e. The van der Waals surface area contributed by atoms with Crippen molar-refractivity contribution in [3.8, 4) is 0 Å². The summed E-state index contributed by atoms with van der Waals surface area (Å²) in [6.45, 7) is 2.11. The number of aliphatic hydroxyl groups is 1. The topological polar surface area (TPSA) is 54.3 Å². The van der Waals surface area contributed by atoms with Crippen LogP contribution in [0.25, 0.3) is 0 Å². The summed E-state index contributed by atoms with van der Waals surface area (Å²) in [5, 5.41) is 12.7. The summed E-state index contributed by atoms with van der Waals surface area (Å²) in [6.07, 6.45) is 5.21. The number of aryl methyl sites for hydroxylation is 2. The molecule has 0 radical (unpaired) electrons. The number of aromatic nitrogens is 1. The van der Waals surface area contributed by atoms with E-state index < -0.39 is 0 Å². The SMILES string of the molecule is CN[C@@](C)(CO)CCc1ccc(C(=O)CCCCc2ccccc2)n1C.Cl. The van der Waals surface area contributed by atoms with Gasteiger partial charge in [0.15, 0.2) is 5.78 Å². The number of likely N-dealkylation sites (N-methyl/N-ethyl adjacent to an activating group) is 1. The van der Waals surface area contributed by atoms with Crippen molar-refractivity contribution in [3.05, 3.63) is 59.4 Å². The Labute approximate surface area is 169 Å². The maximum atomic E-state index is 12.5. The van der Waals surface area contributed by atoms with E-state index in [9.17, 15) is 9.90 Å². The molecule has 1 heterocycles. The van der Waals surface area contributed by atoms with Gasteiger partial charge in [-0.25, -0.2) is 0 Å². The first-order valence-electron chi connectivity index (χ1n) is 9.50. The fourth-order valence-electron chi connectivity index (χ4n) is 3.16. The van der Waals surface area contributed by atoms with Crippen molar-refractivity contribution in [2.45, 2.75) is 51.0 Å². The highest BCUT2D eigenvalue weighted by molar-refractivity contribution is 5.94. The normalized spacial score (nSPS) is 13.0. The fourth-order valence-corrected chi connectivity index (χ4v) is 3.16. The zero-order valence-corrected chi connectivity index (χ0v) is 17.5. The van der Waals surface area contributed by atoms with Crippen molar-refractivity contribution < 1.29 is 9.90 Å². The number of halogens is 1. The van der Waals surface area contributed by atoms with Crippen LogP contribution in [0.1, 0.15) is 54.4 Å². The minimum atomic E-state index is -0.286. The Hall–Kier alpha value is -1.62. The Kier molecular flexibility index (Phi) is 9.78. The number of ketones is 1. The van der Waals surface area contributed by atoms with Gasteiger partial charge < -0.3 is 15.0 Å². The molecule has 0 aliphatic carbocycles. The molecular weight excluding hydrogens is 360 g/mol. The molecule has 150 valence electrons. The first kappa shape index (κ1) is 23.4. The third kappa shape index (κ3) is 6.80. The molecule has 0 aliphatic heterocycles. The van der Waals surface area contributed by atoms with Gasteiger partial charge in [-0.2, -0.15) is 0 Å². The number of carbonyl (C=O) groups excluding carboxylic acids is 1. The summed E-state index contributed by atoms with van der Waals surface area (Å²) in [4.78, 5) is 12.5. The molecule has 0 bridgehead atoms. The van der Waals surface area contributed by atoms with Crippen molar-refractivity contribution in [3.63, 3.8) is 0 Å². The van der Waals surface area contributed by atoms with Crippen molar-refractivity contribution >= 4 is 18.2 Å². The quantitative estimate of drug-likeness (QED) is 0.449. The number of carbonyl (C=O) groups is 1. The molecule has 0 fully saturated rings. The molecule has 1 aromatic heterocycles. The first-order chi connectivity index (χ1) is 12.5. The molecule has 0 unspecified atom stereocenters. The second-order valence-corrected chi connectivity index (χ2v) is 7.35. The van der Waals surface area contributed by atoms with Gasteiger partial charge in [-0.3, -0.25) is 4.79 Å². The summed E-state index contributed by atoms with van der Waals surface area (Å²) >= 11 is 0. The number of Topliss-reactive ketones (excluding diaryl/α,β-unsaturated/α-hetero) is 1. The summed E-state index contributed by atoms with van der Waals surface area (Å²) in [6, 6.07) is 14.4. The second kappa shape index (κ2) is 11.3. The van der Waals surface area contributed by atoms with Gasteiger partial charge in [-0.15, -0.1) is 12.4 Å². The van der Waals surface area contributed by atoms with E-state index in [1.165, 1.54) is 5.56 Å². The van der Waals surface area contributed by atoms with Crippen LogP contribution in [-0.4, -0.2) is 34.7 Å². The van der Waals surface area contributed by atoms with E-state index in [1.807, 2.05) is 43.8 Å². The molecule has 0 aliphatic rings. The molecule has 4 nitrogen and oxygen atoms in total. The zero-order valence-electron chi connectivity index (χ0n) is 16.7. The van der Waals surface area contributed by atoms with Crippen molar-refractivity contribution in [2.24, 2.45) is 7.05 Å². The fraction of sp³-hybridized carbons (Fsp3) is 0.500. The highest BCUT2D eigenvalue weighted by atomic mass is 35.5. The van der Waals surface area contributed by atoms with Gasteiger partial charge in [0.2, 0.25) is 0 Å². The van der Waals surface area contributed by atoms with E-state index >= 15 is 0 Å². The van der Waals surface area contributed by atoms with Gasteiger partial charge in [0.1, 0.15) is 0 Å². The molecule has 5 heteroatoms. The molecule has 0 spiro atoms. The van der Waals surface area contributed by atoms with Gasteiger partial charge in [-0.05, 0) is 63.8 Å². The third-order valence-electron chi connectivity index (χ3n) is 5.36. The molecule has 0 saturated carbocycles. The van der Waals surface area contributed by atoms with Gasteiger partial charge in [0, 0.05) is 24.7 Å². The van der Waals surface area contributed by atoms with E-state index in [-0.39, 0.29) is 30.3 Å². The molecule has 2 rings (SSSR count). The molecule has 0 amide bonds. The Balaban J connectivity index is 0.00000364. The number of hydrogen-bond acceptors (Lipinski definition) is 3. The van der Waals surface area contributed by atoms with Crippen LogP contribution in [-0.2, 0) is 19.9 Å². The lowest BCUT2D eigenvalue weighted by Crippen LogP contribution is -2.43. The van der Waals surface area contributed by atoms with Gasteiger partial charge in [-0.1, -0.05) is 30.3 Å². The first-order valence-corrected chi connectivity index (χ1v) is 9.50. The van der Waals surface area contributed by atoms with E-state index in [1.54, 1.807) is 0 Å². The average Bonchev–Trinajstić information content (AvgIpc) is 3.04. The molecule has 2 aromatic rings. The van der Waals surface area contributed by atoms with Crippen molar-refractivity contribution in [1.29, 1.82) is 0 Å². The molecule has 27 heavy (non-hydrogen) atoms. The minimum absolute atomic E-state index is 0. The Morgan fingerprint density at radius 1 is 1.11 bits per heavy atom. The van der Waals surface area contributed by atoms with E-state index in [0.29, 0.717) is 6.42 Å². The van der Waals surface area contributed by atoms with Gasteiger partial charge in [0.25, 0.3) is 0 Å². The molecular formula is C22H33ClN2O2. The van der Waals surface area contributed by atoms with Gasteiger partial charge >= 0.3 is 0 Å². The van der Waals surface area contributed by atoms with Crippen LogP contribution in [0.2, 0.25) is 0 Å². The second-order valence-electron chi connectivity index (χ2n) is 7.35. The third-order valence-corrected chi connectivity index (χ3v) is 5.36. The predicted molar refractivity (Wildman–Crippen MR) is 114 cm³/mol. The molecule has 1 aromatic carbocycles. The van der Waals surface area contributed by atoms with Crippen LogP contribution in [0.15, 0.2) is 42.5 Å². The number of benzene rings is 1. The van der Waals surface area contributed by atoms with Crippen molar-refractivity contribution in [2.75, 3.05) is 13.7 Å². The maximum Gasteiger partial charge on any atom is 0.179 e. The summed E-state index contributed by atoms with van der Waals surface area (Å²) in [7, 11) is 3.83. The van der Waals surface area contributed by atoms with Crippen LogP contribution in [0, 0.1) is 0 Å². The average molecular weight is 393 g/mol. The summed E-state index contributed by atoms with van der Waals surface area (Å²) in [5.41, 5.74) is 2.96. The van der Waals surface area contributed by atoms with Crippen molar-refractivity contribution in [1.82, 2.24) is 9.88 Å². The lowest BCUT2D eigenvalue weighted by molar-refractivity contribution is 0.0971. The van der Waals surface area contributed by atoms with Crippen LogP contribution < -0.4 is 5.32 Å². The smallest absolute Gasteiger partial charge is 0.179 e. The van der Waals surface area contributed by atoms with Crippen LogP contribution in [0.5, 0.6) is 0 Å². The summed E-state index contributed by atoms with van der Waals surface area (Å²) in [5.74, 6) is 0.213. The van der Waals surface area contributed by atoms with Crippen LogP contribution in [0.4, 0.5) is 0 Å². The molecule has 0 saturated heterocycles.